The van der Waals surface area contributed by atoms with Gasteiger partial charge in [0.05, 0.1) is 14.2 Å². The van der Waals surface area contributed by atoms with Gasteiger partial charge in [0, 0.05) is 10.7 Å². The first-order valence-electron chi connectivity index (χ1n) is 5.48. The van der Waals surface area contributed by atoms with E-state index in [0.29, 0.717) is 5.82 Å². The van der Waals surface area contributed by atoms with Crippen LogP contribution in [0.25, 0.3) is 0 Å². The highest BCUT2D eigenvalue weighted by molar-refractivity contribution is 9.10. The summed E-state index contributed by atoms with van der Waals surface area (Å²) in [6, 6.07) is 1.85. The molecule has 1 rings (SSSR count). The number of aromatic nitrogens is 1. The Bertz CT molecular complexity index is 461. The smallest absolute Gasteiger partial charge is 0.325 e. The summed E-state index contributed by atoms with van der Waals surface area (Å²) in [7, 11) is 2.58. The second-order valence-corrected chi connectivity index (χ2v) is 4.72. The summed E-state index contributed by atoms with van der Waals surface area (Å²) in [6.07, 6.45) is 1.60. The first kappa shape index (κ1) is 15.4. The van der Waals surface area contributed by atoms with Crippen LogP contribution < -0.4 is 4.90 Å². The number of ether oxygens (including phenoxy) is 2. The molecule has 0 atom stereocenters. The van der Waals surface area contributed by atoms with Crippen LogP contribution in [0.3, 0.4) is 0 Å². The van der Waals surface area contributed by atoms with Crippen molar-refractivity contribution in [3.63, 3.8) is 0 Å². The van der Waals surface area contributed by atoms with E-state index in [1.807, 2.05) is 13.0 Å². The van der Waals surface area contributed by atoms with Crippen LogP contribution in [0.2, 0.25) is 0 Å². The fourth-order valence-corrected chi connectivity index (χ4v) is 1.96. The molecule has 0 N–H and O–H groups in total. The standard InChI is InChI=1S/C12H15BrN2O4/c1-8-4-9(13)5-14-12(8)15(6-10(16)18-2)7-11(17)19-3/h4-5H,6-7H2,1-3H3. The Morgan fingerprint density at radius 2 is 1.79 bits per heavy atom. The van der Waals surface area contributed by atoms with Crippen molar-refractivity contribution in [2.75, 3.05) is 32.2 Å². The molecule has 6 nitrogen and oxygen atoms in total. The van der Waals surface area contributed by atoms with E-state index in [9.17, 15) is 9.59 Å². The molecule has 0 unspecified atom stereocenters. The number of anilines is 1. The molecule has 19 heavy (non-hydrogen) atoms. The zero-order valence-corrected chi connectivity index (χ0v) is 12.6. The maximum Gasteiger partial charge on any atom is 0.325 e. The molecule has 1 aromatic rings. The normalized spacial score (nSPS) is 9.89. The lowest BCUT2D eigenvalue weighted by molar-refractivity contribution is -0.140. The van der Waals surface area contributed by atoms with Crippen molar-refractivity contribution in [1.29, 1.82) is 0 Å². The van der Waals surface area contributed by atoms with E-state index in [1.54, 1.807) is 6.20 Å². The molecule has 1 aromatic heterocycles. The number of methoxy groups -OCH3 is 2. The summed E-state index contributed by atoms with van der Waals surface area (Å²) in [5, 5.41) is 0. The number of nitrogens with zero attached hydrogens (tertiary/aromatic N) is 2. The summed E-state index contributed by atoms with van der Waals surface area (Å²) in [5.74, 6) is -0.361. The van der Waals surface area contributed by atoms with Crippen molar-refractivity contribution >= 4 is 33.7 Å². The van der Waals surface area contributed by atoms with E-state index < -0.39 is 11.9 Å². The largest absolute Gasteiger partial charge is 0.468 e. The van der Waals surface area contributed by atoms with Crippen LogP contribution in [0, 0.1) is 6.92 Å². The van der Waals surface area contributed by atoms with E-state index in [0.717, 1.165) is 10.0 Å². The number of hydrogen-bond donors (Lipinski definition) is 0. The molecule has 0 radical (unpaired) electrons. The van der Waals surface area contributed by atoms with Crippen LogP contribution in [0.1, 0.15) is 5.56 Å². The molecule has 0 saturated carbocycles. The predicted molar refractivity (Wildman–Crippen MR) is 72.9 cm³/mol. The third-order valence-corrected chi connectivity index (χ3v) is 2.85. The molecule has 1 heterocycles. The molecule has 0 saturated heterocycles. The zero-order valence-electron chi connectivity index (χ0n) is 11.0. The van der Waals surface area contributed by atoms with Crippen molar-refractivity contribution < 1.29 is 19.1 Å². The van der Waals surface area contributed by atoms with E-state index in [-0.39, 0.29) is 13.1 Å². The SMILES string of the molecule is COC(=O)CN(CC(=O)OC)c1ncc(Br)cc1C. The highest BCUT2D eigenvalue weighted by Gasteiger charge is 2.18. The first-order valence-corrected chi connectivity index (χ1v) is 6.28. The van der Waals surface area contributed by atoms with Gasteiger partial charge in [-0.25, -0.2) is 4.98 Å². The van der Waals surface area contributed by atoms with Crippen molar-refractivity contribution in [3.8, 4) is 0 Å². The maximum absolute atomic E-state index is 11.4. The second-order valence-electron chi connectivity index (χ2n) is 3.80. The van der Waals surface area contributed by atoms with Crippen LogP contribution in [0.15, 0.2) is 16.7 Å². The summed E-state index contributed by atoms with van der Waals surface area (Å²) in [4.78, 5) is 28.5. The number of aryl methyl sites for hydroxylation is 1. The van der Waals surface area contributed by atoms with E-state index >= 15 is 0 Å². The van der Waals surface area contributed by atoms with Crippen molar-refractivity contribution in [2.45, 2.75) is 6.92 Å². The molecule has 0 aliphatic rings. The average molecular weight is 331 g/mol. The van der Waals surface area contributed by atoms with E-state index in [1.165, 1.54) is 19.1 Å². The number of esters is 2. The number of carbonyl (C=O) groups excluding carboxylic acids is 2. The van der Waals surface area contributed by atoms with Gasteiger partial charge in [0.15, 0.2) is 0 Å². The molecule has 0 aromatic carbocycles. The molecule has 0 amide bonds. The molecule has 0 aliphatic carbocycles. The van der Waals surface area contributed by atoms with Gasteiger partial charge < -0.3 is 14.4 Å². The van der Waals surface area contributed by atoms with Gasteiger partial charge in [-0.2, -0.15) is 0 Å². The predicted octanol–water partition coefficient (Wildman–Crippen LogP) is 1.30. The van der Waals surface area contributed by atoms with Crippen molar-refractivity contribution in [3.05, 3.63) is 22.3 Å². The van der Waals surface area contributed by atoms with E-state index in [4.69, 9.17) is 0 Å². The van der Waals surface area contributed by atoms with Gasteiger partial charge >= 0.3 is 11.9 Å². The van der Waals surface area contributed by atoms with Gasteiger partial charge in [-0.15, -0.1) is 0 Å². The maximum atomic E-state index is 11.4. The summed E-state index contributed by atoms with van der Waals surface area (Å²) in [6.45, 7) is 1.71. The van der Waals surface area contributed by atoms with Crippen LogP contribution in [-0.2, 0) is 19.1 Å². The average Bonchev–Trinajstić information content (AvgIpc) is 2.37. The molecule has 0 fully saturated rings. The number of hydrogen-bond acceptors (Lipinski definition) is 6. The number of rotatable bonds is 5. The molecule has 0 aliphatic heterocycles. The van der Waals surface area contributed by atoms with Gasteiger partial charge in [0.1, 0.15) is 18.9 Å². The minimum Gasteiger partial charge on any atom is -0.468 e. The lowest BCUT2D eigenvalue weighted by Gasteiger charge is -2.22. The Labute approximate surface area is 119 Å². The Morgan fingerprint density at radius 3 is 2.21 bits per heavy atom. The van der Waals surface area contributed by atoms with E-state index in [2.05, 4.69) is 30.4 Å². The second kappa shape index (κ2) is 7.08. The molecule has 0 spiro atoms. The minimum absolute atomic E-state index is 0.0684. The lowest BCUT2D eigenvalue weighted by atomic mass is 10.2. The molecule has 104 valence electrons. The monoisotopic (exact) mass is 330 g/mol. The summed E-state index contributed by atoms with van der Waals surface area (Å²) < 4.78 is 10.0. The number of carbonyl (C=O) groups is 2. The Morgan fingerprint density at radius 1 is 1.26 bits per heavy atom. The Balaban J connectivity index is 3.00. The van der Waals surface area contributed by atoms with Gasteiger partial charge in [-0.3, -0.25) is 9.59 Å². The van der Waals surface area contributed by atoms with Gasteiger partial charge in [0.25, 0.3) is 0 Å². The van der Waals surface area contributed by atoms with Crippen molar-refractivity contribution in [1.82, 2.24) is 4.98 Å². The van der Waals surface area contributed by atoms with Gasteiger partial charge in [-0.1, -0.05) is 0 Å². The van der Waals surface area contributed by atoms with Crippen LogP contribution in [0.5, 0.6) is 0 Å². The summed E-state index contributed by atoms with van der Waals surface area (Å²) in [5.41, 5.74) is 0.835. The minimum atomic E-state index is -0.451. The number of pyridine rings is 1. The Kier molecular flexibility index (Phi) is 5.75. The first-order chi connectivity index (χ1) is 8.97. The number of halogens is 1. The fourth-order valence-electron chi connectivity index (χ4n) is 1.51. The van der Waals surface area contributed by atoms with Crippen LogP contribution in [0.4, 0.5) is 5.82 Å². The van der Waals surface area contributed by atoms with Crippen molar-refractivity contribution in [2.24, 2.45) is 0 Å². The quantitative estimate of drug-likeness (QED) is 0.758. The van der Waals surface area contributed by atoms with Crippen LogP contribution >= 0.6 is 15.9 Å². The highest BCUT2D eigenvalue weighted by atomic mass is 79.9. The third-order valence-electron chi connectivity index (χ3n) is 2.41. The Hall–Kier alpha value is -1.63. The fraction of sp³-hybridized carbons (Fsp3) is 0.417. The molecular weight excluding hydrogens is 316 g/mol. The molecule has 0 bridgehead atoms. The summed E-state index contributed by atoms with van der Waals surface area (Å²) >= 11 is 3.31. The topological polar surface area (TPSA) is 68.7 Å². The lowest BCUT2D eigenvalue weighted by Crippen LogP contribution is -2.36. The highest BCUT2D eigenvalue weighted by Crippen LogP contribution is 2.20. The third kappa shape index (κ3) is 4.51. The van der Waals surface area contributed by atoms with Gasteiger partial charge in [-0.05, 0) is 34.5 Å². The van der Waals surface area contributed by atoms with Gasteiger partial charge in [0.2, 0.25) is 0 Å². The van der Waals surface area contributed by atoms with Crippen LogP contribution in [-0.4, -0.2) is 44.2 Å². The molecule has 7 heteroatoms. The zero-order chi connectivity index (χ0) is 14.4. The molecular formula is C12H15BrN2O4.